The van der Waals surface area contributed by atoms with E-state index in [2.05, 4.69) is 4.98 Å². The van der Waals surface area contributed by atoms with Crippen molar-refractivity contribution in [2.24, 2.45) is 0 Å². The van der Waals surface area contributed by atoms with E-state index in [0.29, 0.717) is 24.2 Å². The van der Waals surface area contributed by atoms with Crippen LogP contribution in [-0.2, 0) is 10.3 Å². The maximum absolute atomic E-state index is 13.1. The Morgan fingerprint density at radius 2 is 2.16 bits per heavy atom. The first kappa shape index (κ1) is 16.9. The zero-order valence-corrected chi connectivity index (χ0v) is 13.6. The van der Waals surface area contributed by atoms with Crippen molar-refractivity contribution in [3.8, 4) is 6.07 Å². The zero-order chi connectivity index (χ0) is 18.0. The molecule has 1 unspecified atom stereocenters. The van der Waals surface area contributed by atoms with E-state index in [-0.39, 0.29) is 23.6 Å². The summed E-state index contributed by atoms with van der Waals surface area (Å²) in [7, 11) is 1.26. The molecule has 0 spiro atoms. The maximum atomic E-state index is 13.1. The molecular weight excluding hydrogens is 325 g/mol. The number of nitriles is 1. The molecule has 128 valence electrons. The van der Waals surface area contributed by atoms with Gasteiger partial charge in [-0.1, -0.05) is 12.1 Å². The standard InChI is InChI=1S/C18H16FN3O3/c1-25-17(23)15-8-14(9-20)21-10-16(15)22-7-6-18(24,11-22)12-2-4-13(19)5-3-12/h2-5,8,10,24H,6-7,11H2,1H3. The van der Waals surface area contributed by atoms with E-state index < -0.39 is 11.6 Å². The number of carbonyl (C=O) groups is 1. The highest BCUT2D eigenvalue weighted by Crippen LogP contribution is 2.36. The number of carbonyl (C=O) groups excluding carboxylic acids is 1. The number of hydrogen-bond acceptors (Lipinski definition) is 6. The van der Waals surface area contributed by atoms with E-state index in [9.17, 15) is 14.3 Å². The van der Waals surface area contributed by atoms with Gasteiger partial charge in [-0.05, 0) is 30.2 Å². The number of aromatic nitrogens is 1. The number of methoxy groups -OCH3 is 1. The second-order valence-corrected chi connectivity index (χ2v) is 5.90. The number of β-amino-alcohol motifs (C(OH)–C–C–N with tert-alkyl or cyclic N) is 1. The molecule has 0 radical (unpaired) electrons. The molecule has 2 heterocycles. The Morgan fingerprint density at radius 3 is 2.80 bits per heavy atom. The van der Waals surface area contributed by atoms with Crippen LogP contribution >= 0.6 is 0 Å². The average molecular weight is 341 g/mol. The van der Waals surface area contributed by atoms with Crippen LogP contribution in [0.3, 0.4) is 0 Å². The van der Waals surface area contributed by atoms with E-state index in [1.165, 1.54) is 31.5 Å². The number of pyridine rings is 1. The van der Waals surface area contributed by atoms with Gasteiger partial charge in [-0.2, -0.15) is 5.26 Å². The highest BCUT2D eigenvalue weighted by atomic mass is 19.1. The first-order valence-corrected chi connectivity index (χ1v) is 7.69. The zero-order valence-electron chi connectivity index (χ0n) is 13.6. The molecule has 2 aromatic rings. The van der Waals surface area contributed by atoms with Crippen molar-refractivity contribution in [2.45, 2.75) is 12.0 Å². The molecule has 1 fully saturated rings. The van der Waals surface area contributed by atoms with E-state index in [4.69, 9.17) is 10.00 Å². The predicted octanol–water partition coefficient (Wildman–Crippen LogP) is 1.98. The fourth-order valence-electron chi connectivity index (χ4n) is 3.03. The second kappa shape index (κ2) is 6.49. The number of rotatable bonds is 3. The van der Waals surface area contributed by atoms with Crippen LogP contribution < -0.4 is 4.90 Å². The molecule has 0 saturated carbocycles. The third-order valence-electron chi connectivity index (χ3n) is 4.37. The number of aliphatic hydroxyl groups is 1. The Labute approximate surface area is 144 Å². The summed E-state index contributed by atoms with van der Waals surface area (Å²) in [5.74, 6) is -0.947. The summed E-state index contributed by atoms with van der Waals surface area (Å²) in [5.41, 5.74) is 0.269. The van der Waals surface area contributed by atoms with Crippen LogP contribution in [0.1, 0.15) is 28.0 Å². The van der Waals surface area contributed by atoms with Gasteiger partial charge >= 0.3 is 5.97 Å². The van der Waals surface area contributed by atoms with E-state index in [1.54, 1.807) is 12.1 Å². The molecule has 3 rings (SSSR count). The maximum Gasteiger partial charge on any atom is 0.340 e. The van der Waals surface area contributed by atoms with E-state index >= 15 is 0 Å². The molecule has 1 N–H and O–H groups in total. The van der Waals surface area contributed by atoms with Crippen molar-refractivity contribution in [3.05, 3.63) is 59.2 Å². The van der Waals surface area contributed by atoms with Gasteiger partial charge in [-0.15, -0.1) is 0 Å². The quantitative estimate of drug-likeness (QED) is 0.859. The number of hydrogen-bond donors (Lipinski definition) is 1. The van der Waals surface area contributed by atoms with Crippen molar-refractivity contribution in [3.63, 3.8) is 0 Å². The number of nitrogens with zero attached hydrogens (tertiary/aromatic N) is 3. The lowest BCUT2D eigenvalue weighted by Gasteiger charge is -2.25. The minimum atomic E-state index is -1.16. The second-order valence-electron chi connectivity index (χ2n) is 5.90. The van der Waals surface area contributed by atoms with E-state index in [1.807, 2.05) is 11.0 Å². The molecule has 1 aromatic heterocycles. The molecule has 7 heteroatoms. The lowest BCUT2D eigenvalue weighted by molar-refractivity contribution is 0.0588. The summed E-state index contributed by atoms with van der Waals surface area (Å²) in [4.78, 5) is 17.9. The van der Waals surface area contributed by atoms with Crippen LogP contribution in [0.2, 0.25) is 0 Å². The summed E-state index contributed by atoms with van der Waals surface area (Å²) < 4.78 is 17.9. The van der Waals surface area contributed by atoms with Crippen LogP contribution in [0.25, 0.3) is 0 Å². The Hall–Kier alpha value is -2.98. The van der Waals surface area contributed by atoms with Gasteiger partial charge in [-0.3, -0.25) is 0 Å². The van der Waals surface area contributed by atoms with Gasteiger partial charge in [0.2, 0.25) is 0 Å². The number of esters is 1. The largest absolute Gasteiger partial charge is 0.465 e. The van der Waals surface area contributed by atoms with Gasteiger partial charge in [0, 0.05) is 6.54 Å². The first-order chi connectivity index (χ1) is 12.0. The average Bonchev–Trinajstić information content (AvgIpc) is 3.04. The lowest BCUT2D eigenvalue weighted by Crippen LogP contribution is -2.31. The SMILES string of the molecule is COC(=O)c1cc(C#N)ncc1N1CCC(O)(c2ccc(F)cc2)C1. The van der Waals surface area contributed by atoms with Crippen LogP contribution in [0.5, 0.6) is 0 Å². The molecule has 0 bridgehead atoms. The van der Waals surface area contributed by atoms with Gasteiger partial charge in [-0.25, -0.2) is 14.2 Å². The molecule has 1 aliphatic heterocycles. The number of benzene rings is 1. The summed E-state index contributed by atoms with van der Waals surface area (Å²) in [6.45, 7) is 0.696. The van der Waals surface area contributed by atoms with Gasteiger partial charge in [0.1, 0.15) is 23.2 Å². The van der Waals surface area contributed by atoms with Gasteiger partial charge < -0.3 is 14.7 Å². The molecular formula is C18H16FN3O3. The Bertz CT molecular complexity index is 848. The third-order valence-corrected chi connectivity index (χ3v) is 4.37. The van der Waals surface area contributed by atoms with Crippen molar-refractivity contribution in [1.82, 2.24) is 4.98 Å². The Morgan fingerprint density at radius 1 is 1.44 bits per heavy atom. The highest BCUT2D eigenvalue weighted by Gasteiger charge is 2.39. The Kier molecular flexibility index (Phi) is 4.38. The Balaban J connectivity index is 1.93. The molecule has 1 atom stereocenters. The van der Waals surface area contributed by atoms with E-state index in [0.717, 1.165) is 0 Å². The molecule has 25 heavy (non-hydrogen) atoms. The fraction of sp³-hybridized carbons (Fsp3) is 0.278. The number of halogens is 1. The minimum absolute atomic E-state index is 0.108. The van der Waals surface area contributed by atoms with Crippen LogP contribution in [0.4, 0.5) is 10.1 Å². The summed E-state index contributed by atoms with van der Waals surface area (Å²) in [6.07, 6.45) is 1.85. The van der Waals surface area contributed by atoms with Crippen LogP contribution in [-0.4, -0.2) is 36.3 Å². The number of ether oxygens (including phenoxy) is 1. The predicted molar refractivity (Wildman–Crippen MR) is 87.4 cm³/mol. The van der Waals surface area contributed by atoms with Crippen molar-refractivity contribution < 1.29 is 19.0 Å². The summed E-state index contributed by atoms with van der Waals surface area (Å²) >= 11 is 0. The van der Waals surface area contributed by atoms with Crippen LogP contribution in [0, 0.1) is 17.1 Å². The van der Waals surface area contributed by atoms with Gasteiger partial charge in [0.05, 0.1) is 31.1 Å². The monoisotopic (exact) mass is 341 g/mol. The van der Waals surface area contributed by atoms with Gasteiger partial charge in [0.15, 0.2) is 0 Å². The topological polar surface area (TPSA) is 86.5 Å². The summed E-state index contributed by atoms with van der Waals surface area (Å²) in [6, 6.07) is 8.98. The summed E-state index contributed by atoms with van der Waals surface area (Å²) in [5, 5.41) is 19.9. The third kappa shape index (κ3) is 3.16. The number of anilines is 1. The fourth-order valence-corrected chi connectivity index (χ4v) is 3.03. The van der Waals surface area contributed by atoms with Gasteiger partial charge in [0.25, 0.3) is 0 Å². The molecule has 1 aliphatic rings. The lowest BCUT2D eigenvalue weighted by atomic mass is 9.93. The smallest absolute Gasteiger partial charge is 0.340 e. The first-order valence-electron chi connectivity index (χ1n) is 7.69. The van der Waals surface area contributed by atoms with Crippen molar-refractivity contribution in [2.75, 3.05) is 25.1 Å². The molecule has 6 nitrogen and oxygen atoms in total. The minimum Gasteiger partial charge on any atom is -0.465 e. The van der Waals surface area contributed by atoms with Crippen molar-refractivity contribution >= 4 is 11.7 Å². The molecule has 1 aromatic carbocycles. The highest BCUT2D eigenvalue weighted by molar-refractivity contribution is 5.96. The molecule has 0 amide bonds. The molecule has 1 saturated heterocycles. The van der Waals surface area contributed by atoms with Crippen molar-refractivity contribution in [1.29, 1.82) is 5.26 Å². The normalized spacial score (nSPS) is 19.5. The molecule has 0 aliphatic carbocycles. The van der Waals surface area contributed by atoms with Crippen LogP contribution in [0.15, 0.2) is 36.5 Å².